The molecule has 35 heavy (non-hydrogen) atoms. The number of sulfonamides is 1. The third-order valence-electron chi connectivity index (χ3n) is 6.43. The lowest BCUT2D eigenvalue weighted by atomic mass is 10.1. The van der Waals surface area contributed by atoms with Gasteiger partial charge in [0, 0.05) is 12.1 Å². The van der Waals surface area contributed by atoms with E-state index in [1.54, 1.807) is 51.1 Å². The Morgan fingerprint density at radius 1 is 0.943 bits per heavy atom. The van der Waals surface area contributed by atoms with Crippen LogP contribution in [0.15, 0.2) is 64.3 Å². The zero-order valence-corrected chi connectivity index (χ0v) is 22.2. The fourth-order valence-electron chi connectivity index (χ4n) is 4.28. The Morgan fingerprint density at radius 2 is 1.63 bits per heavy atom. The highest BCUT2D eigenvalue weighted by atomic mass is 35.5. The smallest absolute Gasteiger partial charge is 0.266 e. The molecule has 0 radical (unpaired) electrons. The molecule has 4 rings (SSSR count). The predicted octanol–water partition coefficient (Wildman–Crippen LogP) is 5.65. The van der Waals surface area contributed by atoms with Gasteiger partial charge in [0.2, 0.25) is 10.0 Å². The molecule has 0 saturated carbocycles. The molecular weight excluding hydrogens is 482 g/mol. The number of para-hydroxylation sites is 1. The van der Waals surface area contributed by atoms with E-state index in [9.17, 15) is 13.2 Å². The highest BCUT2D eigenvalue weighted by Crippen LogP contribution is 2.31. The third kappa shape index (κ3) is 4.40. The molecule has 1 heterocycles. The summed E-state index contributed by atoms with van der Waals surface area (Å²) in [5.74, 6) is 0.343. The molecule has 0 bridgehead atoms. The molecule has 0 amide bonds. The van der Waals surface area contributed by atoms with Crippen molar-refractivity contribution in [2.75, 3.05) is 7.05 Å². The topological polar surface area (TPSA) is 72.3 Å². The lowest BCUT2D eigenvalue weighted by molar-refractivity contribution is 0.378. The maximum absolute atomic E-state index is 13.7. The summed E-state index contributed by atoms with van der Waals surface area (Å²) in [4.78, 5) is 18.7. The number of aromatic nitrogens is 2. The van der Waals surface area contributed by atoms with Crippen molar-refractivity contribution >= 4 is 32.5 Å². The first kappa shape index (κ1) is 25.1. The first-order valence-corrected chi connectivity index (χ1v) is 13.1. The van der Waals surface area contributed by atoms with E-state index in [1.807, 2.05) is 38.1 Å². The van der Waals surface area contributed by atoms with Gasteiger partial charge in [-0.05, 0) is 81.6 Å². The summed E-state index contributed by atoms with van der Waals surface area (Å²) in [6.45, 7) is 9.15. The predicted molar refractivity (Wildman–Crippen MR) is 141 cm³/mol. The first-order chi connectivity index (χ1) is 16.4. The lowest BCUT2D eigenvalue weighted by Crippen LogP contribution is -2.35. The van der Waals surface area contributed by atoms with Gasteiger partial charge < -0.3 is 0 Å². The minimum atomic E-state index is -3.92. The number of halogens is 1. The fourth-order valence-corrected chi connectivity index (χ4v) is 6.11. The van der Waals surface area contributed by atoms with E-state index >= 15 is 0 Å². The number of rotatable bonds is 5. The van der Waals surface area contributed by atoms with Crippen LogP contribution in [-0.4, -0.2) is 29.3 Å². The van der Waals surface area contributed by atoms with Crippen LogP contribution in [0.25, 0.3) is 16.6 Å². The summed E-state index contributed by atoms with van der Waals surface area (Å²) < 4.78 is 30.2. The van der Waals surface area contributed by atoms with Gasteiger partial charge in [-0.2, -0.15) is 4.31 Å². The SMILES string of the molecule is Cc1ccc(-n2c(C(C)N(C)S(=O)(=O)c3cc(C)c(Cl)cc3C)nc3ccccc3c2=O)c(C)c1. The average Bonchev–Trinajstić information content (AvgIpc) is 2.81. The van der Waals surface area contributed by atoms with Gasteiger partial charge in [-0.25, -0.2) is 13.4 Å². The Balaban J connectivity index is 1.95. The van der Waals surface area contributed by atoms with Crippen LogP contribution in [0, 0.1) is 27.7 Å². The molecule has 0 saturated heterocycles. The van der Waals surface area contributed by atoms with E-state index in [4.69, 9.17) is 16.6 Å². The van der Waals surface area contributed by atoms with Gasteiger partial charge in [0.1, 0.15) is 5.82 Å². The number of benzene rings is 3. The monoisotopic (exact) mass is 509 g/mol. The van der Waals surface area contributed by atoms with E-state index in [1.165, 1.54) is 15.9 Å². The number of fused-ring (bicyclic) bond motifs is 1. The quantitative estimate of drug-likeness (QED) is 0.348. The van der Waals surface area contributed by atoms with Crippen LogP contribution >= 0.6 is 11.6 Å². The summed E-state index contributed by atoms with van der Waals surface area (Å²) >= 11 is 6.20. The standard InChI is InChI=1S/C27H28ClN3O3S/c1-16-11-12-24(18(3)13-16)31-26(29-23-10-8-7-9-21(23)27(31)32)20(5)30(6)35(33,34)25-15-17(2)22(28)14-19(25)4/h7-15,20H,1-6H3. The Kier molecular flexibility index (Phi) is 6.62. The molecule has 4 aromatic rings. The van der Waals surface area contributed by atoms with Crippen molar-refractivity contribution in [3.05, 3.63) is 98.1 Å². The van der Waals surface area contributed by atoms with E-state index in [0.29, 0.717) is 38.6 Å². The van der Waals surface area contributed by atoms with Gasteiger partial charge in [-0.1, -0.05) is 41.4 Å². The molecule has 6 nitrogen and oxygen atoms in total. The highest BCUT2D eigenvalue weighted by molar-refractivity contribution is 7.89. The Labute approximate surface area is 210 Å². The second-order valence-electron chi connectivity index (χ2n) is 8.98. The van der Waals surface area contributed by atoms with Gasteiger partial charge in [-0.3, -0.25) is 9.36 Å². The van der Waals surface area contributed by atoms with Gasteiger partial charge in [-0.15, -0.1) is 0 Å². The summed E-state index contributed by atoms with van der Waals surface area (Å²) in [6, 6.07) is 15.4. The first-order valence-electron chi connectivity index (χ1n) is 11.3. The summed E-state index contributed by atoms with van der Waals surface area (Å²) in [5.41, 5.74) is 4.14. The summed E-state index contributed by atoms with van der Waals surface area (Å²) in [7, 11) is -2.41. The Morgan fingerprint density at radius 3 is 2.31 bits per heavy atom. The van der Waals surface area contributed by atoms with Crippen molar-refractivity contribution < 1.29 is 8.42 Å². The maximum atomic E-state index is 13.7. The van der Waals surface area contributed by atoms with Crippen LogP contribution in [0.3, 0.4) is 0 Å². The van der Waals surface area contributed by atoms with Crippen LogP contribution < -0.4 is 5.56 Å². The molecule has 0 aliphatic heterocycles. The number of nitrogens with zero attached hydrogens (tertiary/aromatic N) is 3. The van der Waals surface area contributed by atoms with Crippen molar-refractivity contribution in [2.24, 2.45) is 0 Å². The van der Waals surface area contributed by atoms with Crippen LogP contribution in [0.2, 0.25) is 5.02 Å². The molecule has 182 valence electrons. The molecule has 3 aromatic carbocycles. The molecule has 0 aliphatic carbocycles. The van der Waals surface area contributed by atoms with E-state index in [-0.39, 0.29) is 10.5 Å². The van der Waals surface area contributed by atoms with Crippen molar-refractivity contribution in [1.82, 2.24) is 13.9 Å². The molecule has 0 fully saturated rings. The minimum absolute atomic E-state index is 0.176. The van der Waals surface area contributed by atoms with Crippen LogP contribution in [0.1, 0.15) is 41.0 Å². The summed E-state index contributed by atoms with van der Waals surface area (Å²) in [5, 5.41) is 0.982. The van der Waals surface area contributed by atoms with Crippen molar-refractivity contribution in [1.29, 1.82) is 0 Å². The second-order valence-corrected chi connectivity index (χ2v) is 11.4. The summed E-state index contributed by atoms with van der Waals surface area (Å²) in [6.07, 6.45) is 0. The van der Waals surface area contributed by atoms with E-state index in [0.717, 1.165) is 11.1 Å². The number of hydrogen-bond acceptors (Lipinski definition) is 4. The largest absolute Gasteiger partial charge is 0.268 e. The third-order valence-corrected chi connectivity index (χ3v) is 8.90. The Hall–Kier alpha value is -3.00. The maximum Gasteiger partial charge on any atom is 0.266 e. The molecule has 0 aliphatic rings. The zero-order valence-electron chi connectivity index (χ0n) is 20.6. The Bertz CT molecular complexity index is 1630. The molecule has 0 spiro atoms. The van der Waals surface area contributed by atoms with Crippen molar-refractivity contribution in [3.8, 4) is 5.69 Å². The average molecular weight is 510 g/mol. The van der Waals surface area contributed by atoms with E-state index < -0.39 is 16.1 Å². The fraction of sp³-hybridized carbons (Fsp3) is 0.259. The van der Waals surface area contributed by atoms with Gasteiger partial charge in [0.25, 0.3) is 5.56 Å². The van der Waals surface area contributed by atoms with Crippen LogP contribution in [0.4, 0.5) is 0 Å². The molecule has 8 heteroatoms. The molecule has 1 aromatic heterocycles. The second kappa shape index (κ2) is 9.22. The number of hydrogen-bond donors (Lipinski definition) is 0. The highest BCUT2D eigenvalue weighted by Gasteiger charge is 2.31. The van der Waals surface area contributed by atoms with Crippen LogP contribution in [0.5, 0.6) is 0 Å². The molecular formula is C27H28ClN3O3S. The zero-order chi connectivity index (χ0) is 25.7. The lowest BCUT2D eigenvalue weighted by Gasteiger charge is -2.27. The normalized spacial score (nSPS) is 12.9. The molecule has 0 N–H and O–H groups in total. The molecule has 1 atom stereocenters. The minimum Gasteiger partial charge on any atom is -0.268 e. The van der Waals surface area contributed by atoms with Crippen molar-refractivity contribution in [3.63, 3.8) is 0 Å². The van der Waals surface area contributed by atoms with Crippen LogP contribution in [-0.2, 0) is 10.0 Å². The van der Waals surface area contributed by atoms with Gasteiger partial charge in [0.05, 0.1) is 27.5 Å². The number of aryl methyl sites for hydroxylation is 4. The van der Waals surface area contributed by atoms with Crippen molar-refractivity contribution in [2.45, 2.75) is 45.6 Å². The van der Waals surface area contributed by atoms with Gasteiger partial charge >= 0.3 is 0 Å². The molecule has 1 unspecified atom stereocenters. The van der Waals surface area contributed by atoms with Gasteiger partial charge in [0.15, 0.2) is 0 Å². The van der Waals surface area contributed by atoms with E-state index in [2.05, 4.69) is 0 Å².